The lowest BCUT2D eigenvalue weighted by molar-refractivity contribution is -0.133. The minimum absolute atomic E-state index is 0.335. The molecule has 2 aliphatic rings. The van der Waals surface area contributed by atoms with Crippen molar-refractivity contribution in [3.8, 4) is 0 Å². The molecule has 0 radical (unpaired) electrons. The molecule has 92 valence electrons. The molecule has 0 aromatic heterocycles. The number of amides is 1. The summed E-state index contributed by atoms with van der Waals surface area (Å²) >= 11 is 0. The minimum Gasteiger partial charge on any atom is -0.346 e. The maximum Gasteiger partial charge on any atom is 0.222 e. The Labute approximate surface area is 98.8 Å². The number of hydrogen-bond acceptors (Lipinski definition) is 2. The molecule has 2 saturated heterocycles. The van der Waals surface area contributed by atoms with Gasteiger partial charge in [0.2, 0.25) is 5.91 Å². The molecule has 0 bridgehead atoms. The van der Waals surface area contributed by atoms with Crippen molar-refractivity contribution in [3.63, 3.8) is 0 Å². The fraction of sp³-hybridized carbons (Fsp3) is 0.923. The van der Waals surface area contributed by atoms with Gasteiger partial charge in [-0.25, -0.2) is 0 Å². The molecule has 1 amide bonds. The number of hydrogen-bond donors (Lipinski definition) is 0. The first-order chi connectivity index (χ1) is 7.65. The first-order valence-electron chi connectivity index (χ1n) is 6.61. The van der Waals surface area contributed by atoms with E-state index in [0.717, 1.165) is 25.4 Å². The lowest BCUT2D eigenvalue weighted by Crippen LogP contribution is -2.42. The van der Waals surface area contributed by atoms with E-state index in [9.17, 15) is 4.79 Å². The quantitative estimate of drug-likeness (QED) is 0.711. The van der Waals surface area contributed by atoms with E-state index >= 15 is 0 Å². The lowest BCUT2D eigenvalue weighted by atomic mass is 9.93. The van der Waals surface area contributed by atoms with E-state index in [0.29, 0.717) is 11.8 Å². The molecular formula is C13H24N2O. The second-order valence-electron chi connectivity index (χ2n) is 5.66. The molecule has 0 spiro atoms. The molecule has 0 unspecified atom stereocenters. The first-order valence-corrected chi connectivity index (χ1v) is 6.61. The predicted octanol–water partition coefficient (Wildman–Crippen LogP) is 1.59. The zero-order valence-corrected chi connectivity index (χ0v) is 10.6. The van der Waals surface area contributed by atoms with Gasteiger partial charge >= 0.3 is 0 Å². The van der Waals surface area contributed by atoms with E-state index in [1.165, 1.54) is 32.4 Å². The van der Waals surface area contributed by atoms with Crippen molar-refractivity contribution in [2.45, 2.75) is 32.6 Å². The standard InChI is InChI=1S/C13H24N2O/c1-11-3-7-15(8-4-11)10-12-5-6-14(2)13(16)9-12/h11-12H,3-10H2,1-2H3/t12-/m1/s1. The van der Waals surface area contributed by atoms with Gasteiger partial charge in [0, 0.05) is 26.6 Å². The molecule has 0 aromatic rings. The Hall–Kier alpha value is -0.570. The van der Waals surface area contributed by atoms with Gasteiger partial charge in [-0.1, -0.05) is 6.92 Å². The summed E-state index contributed by atoms with van der Waals surface area (Å²) in [6.07, 6.45) is 4.62. The van der Waals surface area contributed by atoms with E-state index in [1.54, 1.807) is 0 Å². The number of carbonyl (C=O) groups is 1. The first kappa shape index (κ1) is 11.9. The number of piperidine rings is 2. The van der Waals surface area contributed by atoms with Crippen LogP contribution >= 0.6 is 0 Å². The highest BCUT2D eigenvalue weighted by atomic mass is 16.2. The van der Waals surface area contributed by atoms with Crippen LogP contribution in [0.1, 0.15) is 32.6 Å². The topological polar surface area (TPSA) is 23.6 Å². The fourth-order valence-corrected chi connectivity index (χ4v) is 2.77. The summed E-state index contributed by atoms with van der Waals surface area (Å²) in [6, 6.07) is 0. The van der Waals surface area contributed by atoms with Crippen LogP contribution in [0.4, 0.5) is 0 Å². The third-order valence-electron chi connectivity index (χ3n) is 4.15. The summed E-state index contributed by atoms with van der Waals surface area (Å²) in [7, 11) is 1.92. The average Bonchev–Trinajstić information content (AvgIpc) is 2.27. The number of nitrogens with zero attached hydrogens (tertiary/aromatic N) is 2. The van der Waals surface area contributed by atoms with E-state index in [1.807, 2.05) is 11.9 Å². The molecule has 0 N–H and O–H groups in total. The van der Waals surface area contributed by atoms with Gasteiger partial charge in [-0.15, -0.1) is 0 Å². The van der Waals surface area contributed by atoms with Crippen molar-refractivity contribution in [2.75, 3.05) is 33.2 Å². The van der Waals surface area contributed by atoms with E-state index in [-0.39, 0.29) is 0 Å². The summed E-state index contributed by atoms with van der Waals surface area (Å²) in [5, 5.41) is 0. The Morgan fingerprint density at radius 3 is 2.50 bits per heavy atom. The summed E-state index contributed by atoms with van der Waals surface area (Å²) in [5.41, 5.74) is 0. The number of likely N-dealkylation sites (tertiary alicyclic amines) is 2. The van der Waals surface area contributed by atoms with Gasteiger partial charge in [0.15, 0.2) is 0 Å². The van der Waals surface area contributed by atoms with Crippen LogP contribution in [0.25, 0.3) is 0 Å². The van der Waals surface area contributed by atoms with E-state index < -0.39 is 0 Å². The second-order valence-corrected chi connectivity index (χ2v) is 5.66. The zero-order chi connectivity index (χ0) is 11.5. The van der Waals surface area contributed by atoms with Crippen LogP contribution in [-0.4, -0.2) is 48.9 Å². The Kier molecular flexibility index (Phi) is 3.85. The summed E-state index contributed by atoms with van der Waals surface area (Å²) in [6.45, 7) is 6.92. The second kappa shape index (κ2) is 5.17. The molecule has 0 aromatic carbocycles. The molecular weight excluding hydrogens is 200 g/mol. The molecule has 2 heterocycles. The lowest BCUT2D eigenvalue weighted by Gasteiger charge is -2.35. The van der Waals surface area contributed by atoms with Crippen molar-refractivity contribution < 1.29 is 4.79 Å². The highest BCUT2D eigenvalue weighted by Crippen LogP contribution is 2.22. The van der Waals surface area contributed by atoms with Gasteiger partial charge < -0.3 is 9.80 Å². The van der Waals surface area contributed by atoms with Crippen LogP contribution in [0.5, 0.6) is 0 Å². The Bertz CT molecular complexity index is 246. The largest absolute Gasteiger partial charge is 0.346 e. The summed E-state index contributed by atoms with van der Waals surface area (Å²) < 4.78 is 0. The van der Waals surface area contributed by atoms with Crippen molar-refractivity contribution >= 4 is 5.91 Å². The van der Waals surface area contributed by atoms with Crippen LogP contribution < -0.4 is 0 Å². The van der Waals surface area contributed by atoms with Gasteiger partial charge in [0.1, 0.15) is 0 Å². The molecule has 3 heteroatoms. The minimum atomic E-state index is 0.335. The third kappa shape index (κ3) is 2.97. The van der Waals surface area contributed by atoms with Crippen LogP contribution in [0.2, 0.25) is 0 Å². The van der Waals surface area contributed by atoms with Gasteiger partial charge in [0.05, 0.1) is 0 Å². The van der Waals surface area contributed by atoms with Crippen LogP contribution in [0.3, 0.4) is 0 Å². The maximum atomic E-state index is 11.6. The number of rotatable bonds is 2. The smallest absolute Gasteiger partial charge is 0.222 e. The van der Waals surface area contributed by atoms with Crippen LogP contribution in [0, 0.1) is 11.8 Å². The van der Waals surface area contributed by atoms with Gasteiger partial charge in [-0.3, -0.25) is 4.79 Å². The van der Waals surface area contributed by atoms with Crippen molar-refractivity contribution in [1.29, 1.82) is 0 Å². The van der Waals surface area contributed by atoms with Crippen LogP contribution in [-0.2, 0) is 4.79 Å². The van der Waals surface area contributed by atoms with Crippen molar-refractivity contribution in [2.24, 2.45) is 11.8 Å². The fourth-order valence-electron chi connectivity index (χ4n) is 2.77. The molecule has 2 rings (SSSR count). The highest BCUT2D eigenvalue weighted by Gasteiger charge is 2.26. The molecule has 0 aliphatic carbocycles. The Balaban J connectivity index is 1.75. The Morgan fingerprint density at radius 1 is 1.19 bits per heavy atom. The Morgan fingerprint density at radius 2 is 1.88 bits per heavy atom. The zero-order valence-electron chi connectivity index (χ0n) is 10.6. The highest BCUT2D eigenvalue weighted by molar-refractivity contribution is 5.76. The summed E-state index contributed by atoms with van der Waals surface area (Å²) in [5.74, 6) is 1.84. The molecule has 1 atom stereocenters. The van der Waals surface area contributed by atoms with Crippen LogP contribution in [0.15, 0.2) is 0 Å². The SMILES string of the molecule is CC1CCN(C[C@@H]2CCN(C)C(=O)C2)CC1. The average molecular weight is 224 g/mol. The molecule has 2 fully saturated rings. The van der Waals surface area contributed by atoms with E-state index in [4.69, 9.17) is 0 Å². The third-order valence-corrected chi connectivity index (χ3v) is 4.15. The van der Waals surface area contributed by atoms with Crippen molar-refractivity contribution in [1.82, 2.24) is 9.80 Å². The molecule has 3 nitrogen and oxygen atoms in total. The number of carbonyl (C=O) groups excluding carboxylic acids is 1. The van der Waals surface area contributed by atoms with E-state index in [2.05, 4.69) is 11.8 Å². The molecule has 16 heavy (non-hydrogen) atoms. The van der Waals surface area contributed by atoms with Gasteiger partial charge in [0.25, 0.3) is 0 Å². The summed E-state index contributed by atoms with van der Waals surface area (Å²) in [4.78, 5) is 16.0. The predicted molar refractivity (Wildman–Crippen MR) is 65.2 cm³/mol. The van der Waals surface area contributed by atoms with Crippen molar-refractivity contribution in [3.05, 3.63) is 0 Å². The normalized spacial score (nSPS) is 29.8. The monoisotopic (exact) mass is 224 g/mol. The molecule has 0 saturated carbocycles. The molecule has 2 aliphatic heterocycles. The van der Waals surface area contributed by atoms with Gasteiger partial charge in [-0.05, 0) is 44.2 Å². The van der Waals surface area contributed by atoms with Gasteiger partial charge in [-0.2, -0.15) is 0 Å². The maximum absolute atomic E-state index is 11.6.